The molecule has 13 heteroatoms. The second kappa shape index (κ2) is 8.48. The number of pyridine rings is 2. The number of aromatic nitrogens is 2. The number of urea groups is 1. The van der Waals surface area contributed by atoms with Gasteiger partial charge in [-0.2, -0.15) is 26.3 Å². The Hall–Kier alpha value is -3.64. The number of carbonyl (C=O) groups excluding carboxylic acids is 1. The third-order valence-electron chi connectivity index (χ3n) is 4.04. The van der Waals surface area contributed by atoms with Gasteiger partial charge in [-0.25, -0.2) is 14.2 Å². The predicted molar refractivity (Wildman–Crippen MR) is 96.7 cm³/mol. The molecule has 0 aliphatic rings. The van der Waals surface area contributed by atoms with E-state index in [1.165, 1.54) is 6.92 Å². The molecule has 0 unspecified atom stereocenters. The Morgan fingerprint density at radius 2 is 1.78 bits per heavy atom. The molecule has 0 aliphatic heterocycles. The zero-order valence-electron chi connectivity index (χ0n) is 16.0. The van der Waals surface area contributed by atoms with Crippen LogP contribution in [0.1, 0.15) is 22.8 Å². The van der Waals surface area contributed by atoms with Crippen LogP contribution in [0.3, 0.4) is 0 Å². The van der Waals surface area contributed by atoms with Gasteiger partial charge in [-0.3, -0.25) is 4.98 Å². The maximum Gasteiger partial charge on any atom is 0.449 e. The maximum absolute atomic E-state index is 13.5. The summed E-state index contributed by atoms with van der Waals surface area (Å²) in [6.45, 7) is 0.621. The predicted octanol–water partition coefficient (Wildman–Crippen LogP) is 5.54. The molecule has 3 aromatic heterocycles. The average molecular weight is 462 g/mol. The average Bonchev–Trinajstić information content (AvgIpc) is 3.07. The highest BCUT2D eigenvalue weighted by Crippen LogP contribution is 2.36. The van der Waals surface area contributed by atoms with Crippen LogP contribution in [0.15, 0.2) is 41.1 Å². The number of hydrogen-bond acceptors (Lipinski definition) is 4. The molecule has 170 valence electrons. The van der Waals surface area contributed by atoms with Crippen LogP contribution in [0.25, 0.3) is 11.3 Å². The topological polar surface area (TPSA) is 80.0 Å². The van der Waals surface area contributed by atoms with E-state index < -0.39 is 53.5 Å². The van der Waals surface area contributed by atoms with Gasteiger partial charge in [0.15, 0.2) is 5.69 Å². The number of halogens is 7. The maximum atomic E-state index is 13.5. The fourth-order valence-corrected chi connectivity index (χ4v) is 2.77. The van der Waals surface area contributed by atoms with Crippen molar-refractivity contribution < 1.29 is 39.9 Å². The second-order valence-electron chi connectivity index (χ2n) is 6.50. The van der Waals surface area contributed by atoms with Gasteiger partial charge in [0, 0.05) is 23.9 Å². The standard InChI is InChI=1S/C19H13F7N4O2/c1-9-4-11(16(32-9)19(24,25)26)7-28-17(31)30-14-3-2-13(29-15(14)18(21,22)23)10-5-12(20)8-27-6-10/h2-6,8H,7H2,1H3,(H2,28,30,31). The van der Waals surface area contributed by atoms with E-state index >= 15 is 0 Å². The van der Waals surface area contributed by atoms with E-state index in [-0.39, 0.29) is 17.0 Å². The van der Waals surface area contributed by atoms with Crippen molar-refractivity contribution in [3.05, 3.63) is 65.3 Å². The summed E-state index contributed by atoms with van der Waals surface area (Å²) in [5, 5.41) is 3.95. The molecule has 0 saturated carbocycles. The van der Waals surface area contributed by atoms with E-state index in [9.17, 15) is 35.5 Å². The van der Waals surface area contributed by atoms with Gasteiger partial charge in [0.1, 0.15) is 11.6 Å². The second-order valence-corrected chi connectivity index (χ2v) is 6.50. The Morgan fingerprint density at radius 3 is 2.41 bits per heavy atom. The van der Waals surface area contributed by atoms with Gasteiger partial charge in [0.25, 0.3) is 0 Å². The van der Waals surface area contributed by atoms with Crippen LogP contribution >= 0.6 is 0 Å². The first-order chi connectivity index (χ1) is 14.8. The molecule has 3 aromatic rings. The van der Waals surface area contributed by atoms with Crippen LogP contribution in [0, 0.1) is 12.7 Å². The van der Waals surface area contributed by atoms with Gasteiger partial charge in [0.2, 0.25) is 5.76 Å². The smallest absolute Gasteiger partial charge is 0.449 e. The number of alkyl halides is 6. The lowest BCUT2D eigenvalue weighted by Crippen LogP contribution is -2.30. The molecular weight excluding hydrogens is 449 g/mol. The summed E-state index contributed by atoms with van der Waals surface area (Å²) >= 11 is 0. The Morgan fingerprint density at radius 1 is 1.06 bits per heavy atom. The molecule has 2 N–H and O–H groups in total. The van der Waals surface area contributed by atoms with Crippen LogP contribution < -0.4 is 10.6 Å². The number of aryl methyl sites for hydroxylation is 1. The molecule has 0 fully saturated rings. The third kappa shape index (κ3) is 5.34. The lowest BCUT2D eigenvalue weighted by atomic mass is 10.1. The van der Waals surface area contributed by atoms with Crippen LogP contribution in [0.5, 0.6) is 0 Å². The molecule has 0 bridgehead atoms. The molecule has 0 aromatic carbocycles. The van der Waals surface area contributed by atoms with E-state index in [0.29, 0.717) is 0 Å². The van der Waals surface area contributed by atoms with Crippen molar-refractivity contribution >= 4 is 11.7 Å². The lowest BCUT2D eigenvalue weighted by Gasteiger charge is -2.15. The minimum Gasteiger partial charge on any atom is -0.456 e. The first-order valence-corrected chi connectivity index (χ1v) is 8.75. The monoisotopic (exact) mass is 462 g/mol. The summed E-state index contributed by atoms with van der Waals surface area (Å²) < 4.78 is 97.0. The van der Waals surface area contributed by atoms with Crippen LogP contribution in [-0.4, -0.2) is 16.0 Å². The first-order valence-electron chi connectivity index (χ1n) is 8.75. The Labute approximate surface area is 175 Å². The van der Waals surface area contributed by atoms with Crippen molar-refractivity contribution in [1.82, 2.24) is 15.3 Å². The van der Waals surface area contributed by atoms with Crippen molar-refractivity contribution in [1.29, 1.82) is 0 Å². The minimum absolute atomic E-state index is 0.0264. The Kier molecular flexibility index (Phi) is 6.10. The summed E-state index contributed by atoms with van der Waals surface area (Å²) in [4.78, 5) is 19.0. The van der Waals surface area contributed by atoms with E-state index in [1.807, 2.05) is 10.6 Å². The van der Waals surface area contributed by atoms with Crippen molar-refractivity contribution in [2.45, 2.75) is 25.8 Å². The normalized spacial score (nSPS) is 12.0. The molecule has 32 heavy (non-hydrogen) atoms. The SMILES string of the molecule is Cc1cc(CNC(=O)Nc2ccc(-c3cncc(F)c3)nc2C(F)(F)F)c(C(F)(F)F)o1. The van der Waals surface area contributed by atoms with Crippen LogP contribution in [0.2, 0.25) is 0 Å². The van der Waals surface area contributed by atoms with Gasteiger partial charge in [-0.15, -0.1) is 0 Å². The van der Waals surface area contributed by atoms with E-state index in [0.717, 1.165) is 36.7 Å². The lowest BCUT2D eigenvalue weighted by molar-refractivity contribution is -0.154. The highest BCUT2D eigenvalue weighted by molar-refractivity contribution is 5.90. The molecule has 0 radical (unpaired) electrons. The summed E-state index contributed by atoms with van der Waals surface area (Å²) in [6, 6.07) is 2.76. The number of anilines is 1. The number of nitrogens with zero attached hydrogens (tertiary/aromatic N) is 2. The van der Waals surface area contributed by atoms with Crippen molar-refractivity contribution in [3.8, 4) is 11.3 Å². The summed E-state index contributed by atoms with van der Waals surface area (Å²) in [7, 11) is 0. The van der Waals surface area contributed by atoms with Gasteiger partial charge in [0.05, 0.1) is 17.6 Å². The fraction of sp³-hybridized carbons (Fsp3) is 0.211. The van der Waals surface area contributed by atoms with Crippen molar-refractivity contribution in [2.24, 2.45) is 0 Å². The number of amides is 2. The first kappa shape index (κ1) is 23.0. The van der Waals surface area contributed by atoms with Crippen LogP contribution in [-0.2, 0) is 18.9 Å². The van der Waals surface area contributed by atoms with E-state index in [4.69, 9.17) is 0 Å². The molecule has 0 aliphatic carbocycles. The molecular formula is C19H13F7N4O2. The number of nitrogens with one attached hydrogen (secondary N) is 2. The van der Waals surface area contributed by atoms with Gasteiger partial charge >= 0.3 is 18.4 Å². The zero-order chi connectivity index (χ0) is 23.7. The minimum atomic E-state index is -5.00. The quantitative estimate of drug-likeness (QED) is 0.499. The number of hydrogen-bond donors (Lipinski definition) is 2. The third-order valence-corrected chi connectivity index (χ3v) is 4.04. The van der Waals surface area contributed by atoms with Crippen LogP contribution in [0.4, 0.5) is 41.2 Å². The number of rotatable bonds is 4. The Bertz CT molecular complexity index is 1140. The summed E-state index contributed by atoms with van der Waals surface area (Å²) in [5.74, 6) is -2.16. The largest absolute Gasteiger partial charge is 0.456 e. The van der Waals surface area contributed by atoms with E-state index in [2.05, 4.69) is 14.4 Å². The highest BCUT2D eigenvalue weighted by Gasteiger charge is 2.38. The van der Waals surface area contributed by atoms with Gasteiger partial charge in [-0.1, -0.05) is 0 Å². The molecule has 2 amide bonds. The molecule has 3 rings (SSSR count). The zero-order valence-corrected chi connectivity index (χ0v) is 16.0. The highest BCUT2D eigenvalue weighted by atomic mass is 19.4. The fourth-order valence-electron chi connectivity index (χ4n) is 2.77. The van der Waals surface area contributed by atoms with Gasteiger partial charge < -0.3 is 15.1 Å². The summed E-state index contributed by atoms with van der Waals surface area (Å²) in [5.41, 5.74) is -2.90. The van der Waals surface area contributed by atoms with Crippen molar-refractivity contribution in [2.75, 3.05) is 5.32 Å². The Balaban J connectivity index is 1.80. The molecule has 0 spiro atoms. The van der Waals surface area contributed by atoms with E-state index in [1.54, 1.807) is 0 Å². The summed E-state index contributed by atoms with van der Waals surface area (Å²) in [6.07, 6.45) is -7.84. The van der Waals surface area contributed by atoms with Gasteiger partial charge in [-0.05, 0) is 31.2 Å². The number of furan rings is 1. The van der Waals surface area contributed by atoms with Crippen molar-refractivity contribution in [3.63, 3.8) is 0 Å². The molecule has 6 nitrogen and oxygen atoms in total. The molecule has 0 atom stereocenters. The number of carbonyl (C=O) groups is 1. The molecule has 0 saturated heterocycles. The molecule has 3 heterocycles.